The molecule has 0 aromatic carbocycles. The van der Waals surface area contributed by atoms with E-state index in [1.807, 2.05) is 11.3 Å². The fourth-order valence-electron chi connectivity index (χ4n) is 2.71. The van der Waals surface area contributed by atoms with Gasteiger partial charge >= 0.3 is 0 Å². The quantitative estimate of drug-likeness (QED) is 0.550. The van der Waals surface area contributed by atoms with Crippen molar-refractivity contribution in [2.45, 2.75) is 37.5 Å². The Morgan fingerprint density at radius 2 is 2.18 bits per heavy atom. The Kier molecular flexibility index (Phi) is 1.19. The first kappa shape index (κ1) is 6.24. The standard InChI is InChI=1S/C10H12S/c1-2-7-6-8(3-1)10-9(7)4-5-11-10/h4-5,7-8H,1-3,6H2. The summed E-state index contributed by atoms with van der Waals surface area (Å²) in [6.45, 7) is 0. The maximum absolute atomic E-state index is 2.36. The minimum absolute atomic E-state index is 0.954. The summed E-state index contributed by atoms with van der Waals surface area (Å²) >= 11 is 1.99. The van der Waals surface area contributed by atoms with Crippen LogP contribution in [-0.2, 0) is 0 Å². The first-order chi connectivity index (χ1) is 5.45. The van der Waals surface area contributed by atoms with Gasteiger partial charge in [0, 0.05) is 4.88 Å². The molecule has 0 saturated heterocycles. The van der Waals surface area contributed by atoms with Crippen molar-refractivity contribution in [1.82, 2.24) is 0 Å². The molecule has 2 aliphatic carbocycles. The molecule has 1 heteroatoms. The highest BCUT2D eigenvalue weighted by Gasteiger charge is 2.34. The van der Waals surface area contributed by atoms with Gasteiger partial charge in [-0.05, 0) is 48.1 Å². The van der Waals surface area contributed by atoms with Gasteiger partial charge < -0.3 is 0 Å². The molecule has 0 aliphatic heterocycles. The van der Waals surface area contributed by atoms with E-state index in [9.17, 15) is 0 Å². The number of thiophene rings is 1. The van der Waals surface area contributed by atoms with E-state index < -0.39 is 0 Å². The Labute approximate surface area is 71.2 Å². The second-order valence-electron chi connectivity index (χ2n) is 3.80. The molecule has 2 unspecified atom stereocenters. The molecule has 1 aromatic heterocycles. The number of rotatable bonds is 0. The molecule has 0 amide bonds. The van der Waals surface area contributed by atoms with Crippen LogP contribution in [0, 0.1) is 0 Å². The van der Waals surface area contributed by atoms with Gasteiger partial charge in [0.25, 0.3) is 0 Å². The van der Waals surface area contributed by atoms with Crippen molar-refractivity contribution in [3.05, 3.63) is 21.9 Å². The summed E-state index contributed by atoms with van der Waals surface area (Å²) < 4.78 is 0. The summed E-state index contributed by atoms with van der Waals surface area (Å²) in [6, 6.07) is 2.36. The summed E-state index contributed by atoms with van der Waals surface area (Å²) in [5, 5.41) is 2.27. The van der Waals surface area contributed by atoms with Crippen LogP contribution in [0.4, 0.5) is 0 Å². The predicted molar refractivity (Wildman–Crippen MR) is 48.3 cm³/mol. The zero-order valence-corrected chi connectivity index (χ0v) is 7.36. The Bertz CT molecular complexity index is 250. The summed E-state index contributed by atoms with van der Waals surface area (Å²) in [4.78, 5) is 1.73. The normalized spacial score (nSPS) is 33.8. The Balaban J connectivity index is 2.15. The summed E-state index contributed by atoms with van der Waals surface area (Å²) in [5.41, 5.74) is 1.71. The number of fused-ring (bicyclic) bond motifs is 5. The summed E-state index contributed by atoms with van der Waals surface area (Å²) in [7, 11) is 0. The highest BCUT2D eigenvalue weighted by atomic mass is 32.1. The minimum Gasteiger partial charge on any atom is -0.148 e. The largest absolute Gasteiger partial charge is 0.148 e. The molecule has 2 atom stereocenters. The van der Waals surface area contributed by atoms with Crippen LogP contribution in [0.25, 0.3) is 0 Å². The van der Waals surface area contributed by atoms with Crippen molar-refractivity contribution < 1.29 is 0 Å². The molecule has 3 rings (SSSR count). The third kappa shape index (κ3) is 0.750. The topological polar surface area (TPSA) is 0 Å². The smallest absolute Gasteiger partial charge is 0.0111 e. The van der Waals surface area contributed by atoms with Gasteiger partial charge in [-0.25, -0.2) is 0 Å². The van der Waals surface area contributed by atoms with E-state index in [2.05, 4.69) is 11.4 Å². The number of hydrogen-bond donors (Lipinski definition) is 0. The molecule has 1 heterocycles. The first-order valence-electron chi connectivity index (χ1n) is 4.52. The van der Waals surface area contributed by atoms with E-state index in [0.29, 0.717) is 0 Å². The second-order valence-corrected chi connectivity index (χ2v) is 4.75. The van der Waals surface area contributed by atoms with E-state index in [1.165, 1.54) is 25.7 Å². The molecular formula is C10H12S. The minimum atomic E-state index is 0.954. The number of hydrogen-bond acceptors (Lipinski definition) is 1. The van der Waals surface area contributed by atoms with E-state index in [0.717, 1.165) is 11.8 Å². The van der Waals surface area contributed by atoms with Gasteiger partial charge in [-0.3, -0.25) is 0 Å². The highest BCUT2D eigenvalue weighted by Crippen LogP contribution is 2.52. The lowest BCUT2D eigenvalue weighted by atomic mass is 9.87. The average Bonchev–Trinajstić information content (AvgIpc) is 2.58. The summed E-state index contributed by atoms with van der Waals surface area (Å²) in [5.74, 6) is 1.92. The third-order valence-corrected chi connectivity index (χ3v) is 4.31. The lowest BCUT2D eigenvalue weighted by molar-refractivity contribution is 0.437. The molecule has 2 bridgehead atoms. The first-order valence-corrected chi connectivity index (χ1v) is 5.40. The van der Waals surface area contributed by atoms with Crippen LogP contribution < -0.4 is 0 Å². The fraction of sp³-hybridized carbons (Fsp3) is 0.600. The molecule has 0 nitrogen and oxygen atoms in total. The molecule has 58 valence electrons. The van der Waals surface area contributed by atoms with Crippen molar-refractivity contribution >= 4 is 11.3 Å². The molecule has 1 fully saturated rings. The van der Waals surface area contributed by atoms with E-state index in [4.69, 9.17) is 0 Å². The van der Waals surface area contributed by atoms with E-state index in [-0.39, 0.29) is 0 Å². The van der Waals surface area contributed by atoms with E-state index >= 15 is 0 Å². The van der Waals surface area contributed by atoms with Gasteiger partial charge in [0.05, 0.1) is 0 Å². The molecule has 0 spiro atoms. The van der Waals surface area contributed by atoms with Crippen molar-refractivity contribution in [1.29, 1.82) is 0 Å². The maximum atomic E-state index is 2.36. The van der Waals surface area contributed by atoms with Gasteiger partial charge in [0.15, 0.2) is 0 Å². The molecule has 11 heavy (non-hydrogen) atoms. The molecule has 2 aliphatic rings. The van der Waals surface area contributed by atoms with Crippen molar-refractivity contribution in [3.8, 4) is 0 Å². The van der Waals surface area contributed by atoms with Crippen LogP contribution in [0.1, 0.15) is 48.0 Å². The monoisotopic (exact) mass is 164 g/mol. The third-order valence-electron chi connectivity index (χ3n) is 3.21. The van der Waals surface area contributed by atoms with Crippen molar-refractivity contribution in [2.24, 2.45) is 0 Å². The van der Waals surface area contributed by atoms with Crippen LogP contribution in [0.5, 0.6) is 0 Å². The van der Waals surface area contributed by atoms with Crippen LogP contribution >= 0.6 is 11.3 Å². The maximum Gasteiger partial charge on any atom is 0.0111 e. The zero-order valence-electron chi connectivity index (χ0n) is 6.55. The molecule has 0 radical (unpaired) electrons. The molecule has 1 aromatic rings. The fourth-order valence-corrected chi connectivity index (χ4v) is 3.85. The van der Waals surface area contributed by atoms with Gasteiger partial charge in [-0.1, -0.05) is 6.42 Å². The van der Waals surface area contributed by atoms with Gasteiger partial charge in [0.2, 0.25) is 0 Å². The Hall–Kier alpha value is -0.300. The Morgan fingerprint density at radius 3 is 3.18 bits per heavy atom. The SMILES string of the molecule is c1cc2c(s1)C1CCCC2C1. The van der Waals surface area contributed by atoms with Crippen LogP contribution in [0.15, 0.2) is 11.4 Å². The zero-order chi connectivity index (χ0) is 7.26. The van der Waals surface area contributed by atoms with Gasteiger partial charge in [-0.15, -0.1) is 11.3 Å². The lowest BCUT2D eigenvalue weighted by Crippen LogP contribution is -2.01. The van der Waals surface area contributed by atoms with E-state index in [1.54, 1.807) is 10.4 Å². The molecule has 1 saturated carbocycles. The van der Waals surface area contributed by atoms with Crippen LogP contribution in [0.2, 0.25) is 0 Å². The second kappa shape index (κ2) is 2.10. The van der Waals surface area contributed by atoms with Crippen LogP contribution in [-0.4, -0.2) is 0 Å². The van der Waals surface area contributed by atoms with Gasteiger partial charge in [-0.2, -0.15) is 0 Å². The average molecular weight is 164 g/mol. The molecule has 0 N–H and O–H groups in total. The van der Waals surface area contributed by atoms with Crippen molar-refractivity contribution in [2.75, 3.05) is 0 Å². The van der Waals surface area contributed by atoms with Crippen molar-refractivity contribution in [3.63, 3.8) is 0 Å². The van der Waals surface area contributed by atoms with Gasteiger partial charge in [0.1, 0.15) is 0 Å². The lowest BCUT2D eigenvalue weighted by Gasteiger charge is -2.18. The highest BCUT2D eigenvalue weighted by molar-refractivity contribution is 7.10. The van der Waals surface area contributed by atoms with Crippen LogP contribution in [0.3, 0.4) is 0 Å². The summed E-state index contributed by atoms with van der Waals surface area (Å²) in [6.07, 6.45) is 5.86. The predicted octanol–water partition coefficient (Wildman–Crippen LogP) is 3.50. The molecular weight excluding hydrogens is 152 g/mol. The Morgan fingerprint density at radius 1 is 1.27 bits per heavy atom.